The number of aliphatic hydroxyl groups is 1. The molecule has 4 rings (SSSR count). The molecule has 0 spiro atoms. The van der Waals surface area contributed by atoms with Crippen molar-refractivity contribution in [2.45, 2.75) is 17.7 Å². The molecule has 0 aliphatic heterocycles. The van der Waals surface area contributed by atoms with E-state index < -0.39 is 11.0 Å². The van der Waals surface area contributed by atoms with E-state index in [1.165, 1.54) is 23.9 Å². The van der Waals surface area contributed by atoms with E-state index in [2.05, 4.69) is 10.2 Å². The SMILES string of the molecule is O=[N+]([O-])c1cccc(OCC(O)CSc2nnc(Cc3ccccc3)n2-c2ccccc2)c1. The van der Waals surface area contributed by atoms with Crippen molar-refractivity contribution < 1.29 is 14.8 Å². The minimum absolute atomic E-state index is 0.00448. The molecule has 0 amide bonds. The molecule has 0 fully saturated rings. The smallest absolute Gasteiger partial charge is 0.273 e. The van der Waals surface area contributed by atoms with Gasteiger partial charge < -0.3 is 9.84 Å². The molecular formula is C24H22N4O4S. The highest BCUT2D eigenvalue weighted by Gasteiger charge is 2.17. The quantitative estimate of drug-likeness (QED) is 0.213. The van der Waals surface area contributed by atoms with Crippen LogP contribution < -0.4 is 4.74 Å². The number of nitrogens with zero attached hydrogens (tertiary/aromatic N) is 4. The molecule has 8 nitrogen and oxygen atoms in total. The minimum Gasteiger partial charge on any atom is -0.491 e. The van der Waals surface area contributed by atoms with E-state index in [9.17, 15) is 15.2 Å². The molecule has 9 heteroatoms. The van der Waals surface area contributed by atoms with Crippen LogP contribution in [0.2, 0.25) is 0 Å². The Kier molecular flexibility index (Phi) is 7.33. The van der Waals surface area contributed by atoms with Crippen molar-refractivity contribution in [2.24, 2.45) is 0 Å². The largest absolute Gasteiger partial charge is 0.491 e. The Bertz CT molecular complexity index is 1200. The predicted molar refractivity (Wildman–Crippen MR) is 126 cm³/mol. The maximum absolute atomic E-state index is 10.9. The highest BCUT2D eigenvalue weighted by atomic mass is 32.2. The molecule has 1 N–H and O–H groups in total. The maximum atomic E-state index is 10.9. The molecule has 168 valence electrons. The zero-order valence-electron chi connectivity index (χ0n) is 17.7. The van der Waals surface area contributed by atoms with Gasteiger partial charge in [-0.3, -0.25) is 14.7 Å². The van der Waals surface area contributed by atoms with Gasteiger partial charge >= 0.3 is 0 Å². The predicted octanol–water partition coefficient (Wildman–Crippen LogP) is 4.30. The number of thioether (sulfide) groups is 1. The summed E-state index contributed by atoms with van der Waals surface area (Å²) in [6.45, 7) is 0.00448. The third kappa shape index (κ3) is 5.97. The van der Waals surface area contributed by atoms with Gasteiger partial charge in [-0.1, -0.05) is 66.4 Å². The topological polar surface area (TPSA) is 103 Å². The number of rotatable bonds is 10. The first-order valence-corrected chi connectivity index (χ1v) is 11.3. The lowest BCUT2D eigenvalue weighted by Gasteiger charge is -2.13. The van der Waals surface area contributed by atoms with Gasteiger partial charge in [-0.05, 0) is 23.8 Å². The average molecular weight is 463 g/mol. The molecule has 0 saturated heterocycles. The van der Waals surface area contributed by atoms with Crippen molar-refractivity contribution in [2.75, 3.05) is 12.4 Å². The van der Waals surface area contributed by atoms with Crippen LogP contribution in [0.5, 0.6) is 5.75 Å². The van der Waals surface area contributed by atoms with Crippen LogP contribution in [-0.2, 0) is 6.42 Å². The first kappa shape index (κ1) is 22.5. The van der Waals surface area contributed by atoms with E-state index in [1.807, 2.05) is 65.2 Å². The maximum Gasteiger partial charge on any atom is 0.273 e. The summed E-state index contributed by atoms with van der Waals surface area (Å²) in [4.78, 5) is 10.4. The van der Waals surface area contributed by atoms with E-state index in [0.29, 0.717) is 23.1 Å². The molecule has 1 aromatic heterocycles. The van der Waals surface area contributed by atoms with Gasteiger partial charge in [0.05, 0.1) is 17.1 Å². The van der Waals surface area contributed by atoms with Crippen molar-refractivity contribution in [3.63, 3.8) is 0 Å². The number of ether oxygens (including phenoxy) is 1. The minimum atomic E-state index is -0.798. The molecule has 33 heavy (non-hydrogen) atoms. The van der Waals surface area contributed by atoms with Crippen LogP contribution in [0.15, 0.2) is 90.1 Å². The number of hydrogen-bond donors (Lipinski definition) is 1. The fourth-order valence-electron chi connectivity index (χ4n) is 3.22. The van der Waals surface area contributed by atoms with Crippen LogP contribution in [0.4, 0.5) is 5.69 Å². The van der Waals surface area contributed by atoms with Crippen molar-refractivity contribution in [3.05, 3.63) is 106 Å². The summed E-state index contributed by atoms with van der Waals surface area (Å²) in [5, 5.41) is 30.7. The van der Waals surface area contributed by atoms with Crippen LogP contribution in [0.3, 0.4) is 0 Å². The summed E-state index contributed by atoms with van der Waals surface area (Å²) in [6, 6.07) is 25.8. The Labute approximate surface area is 195 Å². The van der Waals surface area contributed by atoms with Crippen molar-refractivity contribution >= 4 is 17.4 Å². The molecule has 1 unspecified atom stereocenters. The molecule has 3 aromatic carbocycles. The van der Waals surface area contributed by atoms with Crippen molar-refractivity contribution in [3.8, 4) is 11.4 Å². The van der Waals surface area contributed by atoms with E-state index in [-0.39, 0.29) is 12.3 Å². The van der Waals surface area contributed by atoms with Gasteiger partial charge in [0.25, 0.3) is 5.69 Å². The average Bonchev–Trinajstić information content (AvgIpc) is 3.25. The molecule has 0 bridgehead atoms. The van der Waals surface area contributed by atoms with Crippen LogP contribution in [0.1, 0.15) is 11.4 Å². The van der Waals surface area contributed by atoms with Gasteiger partial charge in [-0.25, -0.2) is 0 Å². The Balaban J connectivity index is 1.44. The van der Waals surface area contributed by atoms with Crippen LogP contribution in [0, 0.1) is 10.1 Å². The van der Waals surface area contributed by atoms with Crippen molar-refractivity contribution in [1.29, 1.82) is 0 Å². The number of nitro benzene ring substituents is 1. The molecule has 0 aliphatic carbocycles. The Morgan fingerprint density at radius 1 is 1.00 bits per heavy atom. The number of aromatic nitrogens is 3. The lowest BCUT2D eigenvalue weighted by atomic mass is 10.1. The summed E-state index contributed by atoms with van der Waals surface area (Å²) in [6.07, 6.45) is -0.172. The fraction of sp³-hybridized carbons (Fsp3) is 0.167. The number of para-hydroxylation sites is 1. The van der Waals surface area contributed by atoms with E-state index in [1.54, 1.807) is 12.1 Å². The van der Waals surface area contributed by atoms with Crippen LogP contribution >= 0.6 is 11.8 Å². The lowest BCUT2D eigenvalue weighted by Crippen LogP contribution is -2.20. The lowest BCUT2D eigenvalue weighted by molar-refractivity contribution is -0.384. The van der Waals surface area contributed by atoms with Gasteiger partial charge in [0.1, 0.15) is 18.2 Å². The van der Waals surface area contributed by atoms with Crippen LogP contribution in [0.25, 0.3) is 5.69 Å². The standard InChI is InChI=1S/C24H22N4O4S/c29-21(16-32-22-13-7-12-20(15-22)28(30)31)17-33-24-26-25-23(14-18-8-3-1-4-9-18)27(24)19-10-5-2-6-11-19/h1-13,15,21,29H,14,16-17H2. The number of aliphatic hydroxyl groups excluding tert-OH is 1. The second-order valence-electron chi connectivity index (χ2n) is 7.26. The summed E-state index contributed by atoms with van der Waals surface area (Å²) in [7, 11) is 0. The highest BCUT2D eigenvalue weighted by Crippen LogP contribution is 2.25. The molecule has 4 aromatic rings. The van der Waals surface area contributed by atoms with E-state index in [0.717, 1.165) is 17.1 Å². The number of hydrogen-bond acceptors (Lipinski definition) is 7. The molecule has 1 heterocycles. The number of benzene rings is 3. The monoisotopic (exact) mass is 462 g/mol. The molecule has 0 radical (unpaired) electrons. The van der Waals surface area contributed by atoms with E-state index in [4.69, 9.17) is 4.74 Å². The highest BCUT2D eigenvalue weighted by molar-refractivity contribution is 7.99. The first-order chi connectivity index (χ1) is 16.1. The first-order valence-electron chi connectivity index (χ1n) is 10.3. The Morgan fingerprint density at radius 3 is 2.45 bits per heavy atom. The summed E-state index contributed by atoms with van der Waals surface area (Å²) in [5.41, 5.74) is 2.01. The summed E-state index contributed by atoms with van der Waals surface area (Å²) in [5.74, 6) is 1.47. The normalized spacial score (nSPS) is 11.8. The zero-order valence-corrected chi connectivity index (χ0v) is 18.5. The zero-order chi connectivity index (χ0) is 23.0. The summed E-state index contributed by atoms with van der Waals surface area (Å²) >= 11 is 1.38. The van der Waals surface area contributed by atoms with Crippen molar-refractivity contribution in [1.82, 2.24) is 14.8 Å². The van der Waals surface area contributed by atoms with Gasteiger partial charge in [-0.2, -0.15) is 0 Å². The fourth-order valence-corrected chi connectivity index (χ4v) is 4.10. The Morgan fingerprint density at radius 2 is 1.73 bits per heavy atom. The third-order valence-corrected chi connectivity index (χ3v) is 5.87. The Hall–Kier alpha value is -3.69. The number of non-ortho nitro benzene ring substituents is 1. The van der Waals surface area contributed by atoms with Gasteiger partial charge in [0.15, 0.2) is 5.16 Å². The van der Waals surface area contributed by atoms with E-state index >= 15 is 0 Å². The molecule has 0 saturated carbocycles. The molecule has 1 atom stereocenters. The summed E-state index contributed by atoms with van der Waals surface area (Å²) < 4.78 is 7.53. The number of nitro groups is 1. The molecule has 0 aliphatic rings. The van der Waals surface area contributed by atoms with Gasteiger partial charge in [-0.15, -0.1) is 10.2 Å². The second kappa shape index (κ2) is 10.8. The molecular weight excluding hydrogens is 440 g/mol. The van der Waals surface area contributed by atoms with Gasteiger partial charge in [0.2, 0.25) is 0 Å². The van der Waals surface area contributed by atoms with Gasteiger partial charge in [0, 0.05) is 23.9 Å². The second-order valence-corrected chi connectivity index (χ2v) is 8.25. The third-order valence-electron chi connectivity index (χ3n) is 4.80. The van der Waals surface area contributed by atoms with Crippen LogP contribution in [-0.4, -0.2) is 43.3 Å².